The fourth-order valence-electron chi connectivity index (χ4n) is 1.46. The number of hydrogen-bond donors (Lipinski definition) is 0. The zero-order chi connectivity index (χ0) is 12.6. The summed E-state index contributed by atoms with van der Waals surface area (Å²) in [6, 6.07) is 5.24. The number of hydrogen-bond acceptors (Lipinski definition) is 2. The van der Waals surface area contributed by atoms with Crippen molar-refractivity contribution < 1.29 is 8.42 Å². The molecule has 0 saturated carbocycles. The van der Waals surface area contributed by atoms with Crippen LogP contribution >= 0.6 is 22.3 Å². The molecule has 0 N–H and O–H groups in total. The SMILES string of the molecule is CC(C)(C)c1ccc(CS(=O)(=O)Cl)cc1Cl. The van der Waals surface area contributed by atoms with Gasteiger partial charge in [-0.2, -0.15) is 0 Å². The lowest BCUT2D eigenvalue weighted by molar-refractivity contribution is 0.590. The van der Waals surface area contributed by atoms with Gasteiger partial charge in [0.1, 0.15) is 0 Å². The monoisotopic (exact) mass is 280 g/mol. The zero-order valence-corrected chi connectivity index (χ0v) is 11.7. The maximum Gasteiger partial charge on any atom is 0.236 e. The molecule has 0 aromatic heterocycles. The molecule has 0 fully saturated rings. The molecule has 0 radical (unpaired) electrons. The first-order valence-electron chi connectivity index (χ1n) is 4.81. The molecule has 0 amide bonds. The Morgan fingerprint density at radius 1 is 1.25 bits per heavy atom. The Bertz CT molecular complexity index is 487. The largest absolute Gasteiger partial charge is 0.236 e. The molecule has 90 valence electrons. The van der Waals surface area contributed by atoms with Crippen LogP contribution in [0.1, 0.15) is 31.9 Å². The van der Waals surface area contributed by atoms with E-state index in [-0.39, 0.29) is 11.2 Å². The van der Waals surface area contributed by atoms with Gasteiger partial charge in [0.25, 0.3) is 0 Å². The van der Waals surface area contributed by atoms with E-state index in [4.69, 9.17) is 22.3 Å². The fraction of sp³-hybridized carbons (Fsp3) is 0.455. The van der Waals surface area contributed by atoms with Gasteiger partial charge < -0.3 is 0 Å². The minimum absolute atomic E-state index is 0.0601. The average Bonchev–Trinajstić information content (AvgIpc) is 1.97. The van der Waals surface area contributed by atoms with Gasteiger partial charge in [0.05, 0.1) is 5.75 Å². The van der Waals surface area contributed by atoms with Crippen molar-refractivity contribution in [3.8, 4) is 0 Å². The van der Waals surface area contributed by atoms with Crippen molar-refractivity contribution in [1.29, 1.82) is 0 Å². The smallest absolute Gasteiger partial charge is 0.212 e. The first-order chi connectivity index (χ1) is 7.09. The summed E-state index contributed by atoms with van der Waals surface area (Å²) in [5.41, 5.74) is 1.54. The van der Waals surface area contributed by atoms with Crippen LogP contribution in [0.4, 0.5) is 0 Å². The maximum absolute atomic E-state index is 10.9. The van der Waals surface area contributed by atoms with Crippen LogP contribution in [0.15, 0.2) is 18.2 Å². The Labute approximate surface area is 106 Å². The second-order valence-electron chi connectivity index (χ2n) is 4.75. The van der Waals surface area contributed by atoms with E-state index in [1.165, 1.54) is 0 Å². The predicted molar refractivity (Wildman–Crippen MR) is 68.6 cm³/mol. The van der Waals surface area contributed by atoms with E-state index in [1.54, 1.807) is 12.1 Å². The Hall–Kier alpha value is -0.250. The van der Waals surface area contributed by atoms with Crippen molar-refractivity contribution in [2.24, 2.45) is 0 Å². The van der Waals surface area contributed by atoms with E-state index in [1.807, 2.05) is 26.8 Å². The molecule has 0 saturated heterocycles. The molecular formula is C11H14Cl2O2S. The second kappa shape index (κ2) is 4.55. The summed E-state index contributed by atoms with van der Waals surface area (Å²) in [6.45, 7) is 6.14. The third-order valence-electron chi connectivity index (χ3n) is 2.18. The van der Waals surface area contributed by atoms with Gasteiger partial charge in [0, 0.05) is 15.7 Å². The summed E-state index contributed by atoms with van der Waals surface area (Å²) in [5, 5.41) is 0.574. The van der Waals surface area contributed by atoms with Crippen molar-refractivity contribution in [3.05, 3.63) is 34.3 Å². The molecule has 1 aromatic rings. The highest BCUT2D eigenvalue weighted by Gasteiger charge is 2.18. The third-order valence-corrected chi connectivity index (χ3v) is 3.50. The Morgan fingerprint density at radius 2 is 1.81 bits per heavy atom. The van der Waals surface area contributed by atoms with Crippen LogP contribution in [-0.4, -0.2) is 8.42 Å². The minimum Gasteiger partial charge on any atom is -0.212 e. The molecule has 0 unspecified atom stereocenters. The van der Waals surface area contributed by atoms with Crippen LogP contribution in [-0.2, 0) is 20.2 Å². The van der Waals surface area contributed by atoms with Crippen molar-refractivity contribution in [3.63, 3.8) is 0 Å². The van der Waals surface area contributed by atoms with Crippen molar-refractivity contribution in [2.45, 2.75) is 31.9 Å². The van der Waals surface area contributed by atoms with Gasteiger partial charge in [0.2, 0.25) is 9.05 Å². The van der Waals surface area contributed by atoms with Crippen LogP contribution in [0.3, 0.4) is 0 Å². The molecule has 0 bridgehead atoms. The first-order valence-corrected chi connectivity index (χ1v) is 7.66. The van der Waals surface area contributed by atoms with Crippen LogP contribution in [0.5, 0.6) is 0 Å². The number of halogens is 2. The lowest BCUT2D eigenvalue weighted by atomic mass is 9.86. The van der Waals surface area contributed by atoms with Crippen LogP contribution < -0.4 is 0 Å². The first kappa shape index (κ1) is 13.8. The Morgan fingerprint density at radius 3 is 2.19 bits per heavy atom. The van der Waals surface area contributed by atoms with Gasteiger partial charge >= 0.3 is 0 Å². The Kier molecular flexibility index (Phi) is 3.93. The summed E-state index contributed by atoms with van der Waals surface area (Å²) in [5.74, 6) is -0.196. The normalized spacial score (nSPS) is 12.8. The van der Waals surface area contributed by atoms with Gasteiger partial charge in [-0.3, -0.25) is 0 Å². The zero-order valence-electron chi connectivity index (χ0n) is 9.42. The van der Waals surface area contributed by atoms with Crippen LogP contribution in [0.2, 0.25) is 5.02 Å². The van der Waals surface area contributed by atoms with Gasteiger partial charge in [-0.15, -0.1) is 0 Å². The van der Waals surface area contributed by atoms with Gasteiger partial charge in [-0.05, 0) is 22.6 Å². The van der Waals surface area contributed by atoms with Crippen molar-refractivity contribution >= 4 is 31.3 Å². The van der Waals surface area contributed by atoms with Crippen molar-refractivity contribution in [1.82, 2.24) is 0 Å². The van der Waals surface area contributed by atoms with E-state index in [9.17, 15) is 8.42 Å². The molecule has 0 heterocycles. The molecule has 0 aliphatic heterocycles. The molecule has 0 spiro atoms. The highest BCUT2D eigenvalue weighted by molar-refractivity contribution is 8.13. The molecule has 2 nitrogen and oxygen atoms in total. The van der Waals surface area contributed by atoms with Gasteiger partial charge in [0.15, 0.2) is 0 Å². The summed E-state index contributed by atoms with van der Waals surface area (Å²) in [7, 11) is 1.65. The van der Waals surface area contributed by atoms with Crippen LogP contribution in [0, 0.1) is 0 Å². The molecule has 1 rings (SSSR count). The topological polar surface area (TPSA) is 34.1 Å². The summed E-state index contributed by atoms with van der Waals surface area (Å²) in [6.07, 6.45) is 0. The van der Waals surface area contributed by atoms with Crippen molar-refractivity contribution in [2.75, 3.05) is 0 Å². The Balaban J connectivity index is 3.10. The maximum atomic E-state index is 10.9. The average molecular weight is 281 g/mol. The lowest BCUT2D eigenvalue weighted by Gasteiger charge is -2.20. The minimum atomic E-state index is -3.53. The van der Waals surface area contributed by atoms with E-state index in [0.29, 0.717) is 10.6 Å². The molecule has 16 heavy (non-hydrogen) atoms. The lowest BCUT2D eigenvalue weighted by Crippen LogP contribution is -2.12. The standard InChI is InChI=1S/C11H14Cl2O2S/c1-11(2,3)9-5-4-8(6-10(9)12)7-16(13,14)15/h4-6H,7H2,1-3H3. The summed E-state index contributed by atoms with van der Waals surface area (Å²) >= 11 is 6.10. The summed E-state index contributed by atoms with van der Waals surface area (Å²) in [4.78, 5) is 0. The molecule has 0 aliphatic carbocycles. The highest BCUT2D eigenvalue weighted by Crippen LogP contribution is 2.30. The van der Waals surface area contributed by atoms with E-state index in [2.05, 4.69) is 0 Å². The summed E-state index contributed by atoms with van der Waals surface area (Å²) < 4.78 is 21.8. The van der Waals surface area contributed by atoms with Gasteiger partial charge in [-0.25, -0.2) is 8.42 Å². The molecule has 5 heteroatoms. The quantitative estimate of drug-likeness (QED) is 0.774. The molecule has 0 atom stereocenters. The van der Waals surface area contributed by atoms with Gasteiger partial charge in [-0.1, -0.05) is 44.5 Å². The van der Waals surface area contributed by atoms with E-state index in [0.717, 1.165) is 5.56 Å². The molecular weight excluding hydrogens is 267 g/mol. The molecule has 1 aromatic carbocycles. The number of benzene rings is 1. The predicted octanol–water partition coefficient (Wildman–Crippen LogP) is 3.71. The second-order valence-corrected chi connectivity index (χ2v) is 7.93. The highest BCUT2D eigenvalue weighted by atomic mass is 35.7. The van der Waals surface area contributed by atoms with Crippen LogP contribution in [0.25, 0.3) is 0 Å². The fourth-order valence-corrected chi connectivity index (χ4v) is 2.90. The van der Waals surface area contributed by atoms with E-state index >= 15 is 0 Å². The molecule has 0 aliphatic rings. The van der Waals surface area contributed by atoms with E-state index < -0.39 is 9.05 Å². The number of rotatable bonds is 2. The third kappa shape index (κ3) is 3.96.